The zero-order valence-electron chi connectivity index (χ0n) is 15.4. The molecule has 0 bridgehead atoms. The average Bonchev–Trinajstić information content (AvgIpc) is 3.06. The number of hydrogen-bond acceptors (Lipinski definition) is 3. The van der Waals surface area contributed by atoms with Gasteiger partial charge in [0, 0.05) is 39.6 Å². The van der Waals surface area contributed by atoms with Gasteiger partial charge in [0.25, 0.3) is 0 Å². The average molecular weight is 456 g/mol. The van der Waals surface area contributed by atoms with E-state index in [0.717, 1.165) is 50.8 Å². The van der Waals surface area contributed by atoms with Gasteiger partial charge >= 0.3 is 0 Å². The third-order valence-electron chi connectivity index (χ3n) is 3.76. The van der Waals surface area contributed by atoms with E-state index in [9.17, 15) is 0 Å². The van der Waals surface area contributed by atoms with Crippen LogP contribution in [0.5, 0.6) is 0 Å². The zero-order chi connectivity index (χ0) is 17.2. The smallest absolute Gasteiger partial charge is 0.194 e. The molecule has 6 nitrogen and oxygen atoms in total. The highest BCUT2D eigenvalue weighted by Crippen LogP contribution is 2.03. The van der Waals surface area contributed by atoms with Crippen molar-refractivity contribution in [2.24, 2.45) is 4.99 Å². The van der Waals surface area contributed by atoms with Crippen LogP contribution in [0.15, 0.2) is 41.7 Å². The van der Waals surface area contributed by atoms with Crippen molar-refractivity contribution in [3.63, 3.8) is 0 Å². The molecule has 0 aliphatic carbocycles. The monoisotopic (exact) mass is 456 g/mol. The van der Waals surface area contributed by atoms with Crippen LogP contribution in [-0.4, -0.2) is 45.8 Å². The highest BCUT2D eigenvalue weighted by atomic mass is 127. The van der Waals surface area contributed by atoms with E-state index in [1.807, 2.05) is 6.07 Å². The molecule has 0 amide bonds. The van der Waals surface area contributed by atoms with E-state index in [-0.39, 0.29) is 24.0 Å². The summed E-state index contributed by atoms with van der Waals surface area (Å²) < 4.78 is 2.08. The molecule has 1 heterocycles. The van der Waals surface area contributed by atoms with Gasteiger partial charge in [-0.1, -0.05) is 44.2 Å². The lowest BCUT2D eigenvalue weighted by molar-refractivity contribution is 0.470. The van der Waals surface area contributed by atoms with Crippen molar-refractivity contribution in [1.82, 2.24) is 25.0 Å². The molecule has 0 aliphatic rings. The third-order valence-corrected chi connectivity index (χ3v) is 3.76. The van der Waals surface area contributed by atoms with Crippen LogP contribution < -0.4 is 5.32 Å². The van der Waals surface area contributed by atoms with Gasteiger partial charge < -0.3 is 14.8 Å². The summed E-state index contributed by atoms with van der Waals surface area (Å²) in [6.07, 6.45) is 3.72. The lowest BCUT2D eigenvalue weighted by Gasteiger charge is -2.23. The predicted molar refractivity (Wildman–Crippen MR) is 113 cm³/mol. The molecular formula is C18H29IN6. The van der Waals surface area contributed by atoms with E-state index < -0.39 is 0 Å². The van der Waals surface area contributed by atoms with Gasteiger partial charge in [0.1, 0.15) is 12.2 Å². The minimum absolute atomic E-state index is 0. The summed E-state index contributed by atoms with van der Waals surface area (Å²) >= 11 is 0. The molecule has 1 aromatic carbocycles. The first kappa shape index (κ1) is 21.4. The highest BCUT2D eigenvalue weighted by Gasteiger charge is 2.07. The number of nitrogens with one attached hydrogen (secondary N) is 1. The summed E-state index contributed by atoms with van der Waals surface area (Å²) in [6, 6.07) is 10.4. The van der Waals surface area contributed by atoms with Crippen molar-refractivity contribution < 1.29 is 0 Å². The number of aryl methyl sites for hydroxylation is 1. The van der Waals surface area contributed by atoms with E-state index in [4.69, 9.17) is 4.99 Å². The van der Waals surface area contributed by atoms with Gasteiger partial charge in [0.05, 0.1) is 0 Å². The van der Waals surface area contributed by atoms with Gasteiger partial charge in [0.2, 0.25) is 0 Å². The minimum Gasteiger partial charge on any atom is -0.354 e. The van der Waals surface area contributed by atoms with Crippen LogP contribution in [0.25, 0.3) is 0 Å². The van der Waals surface area contributed by atoms with Crippen molar-refractivity contribution in [3.05, 3.63) is 48.0 Å². The molecule has 0 spiro atoms. The molecule has 1 aromatic heterocycles. The number of guanidine groups is 1. The van der Waals surface area contributed by atoms with Crippen molar-refractivity contribution in [3.8, 4) is 0 Å². The molecular weight excluding hydrogens is 427 g/mol. The fraction of sp³-hybridized carbons (Fsp3) is 0.500. The standard InChI is InChI=1S/C18H28N6.HI/c1-4-11-19-18(23(3)14-16-9-7-6-8-10-16)20-12-13-24-15-21-22-17(24)5-2;/h6-10,15H,4-5,11-14H2,1-3H3,(H,19,20);1H. The maximum absolute atomic E-state index is 4.69. The van der Waals surface area contributed by atoms with Crippen LogP contribution >= 0.6 is 24.0 Å². The fourth-order valence-corrected chi connectivity index (χ4v) is 2.49. The van der Waals surface area contributed by atoms with E-state index in [0.29, 0.717) is 0 Å². The largest absolute Gasteiger partial charge is 0.354 e. The molecule has 2 aromatic rings. The first-order valence-corrected chi connectivity index (χ1v) is 8.64. The zero-order valence-corrected chi connectivity index (χ0v) is 17.7. The summed E-state index contributed by atoms with van der Waals surface area (Å²) in [5.74, 6) is 1.95. The first-order valence-electron chi connectivity index (χ1n) is 8.64. The lowest BCUT2D eigenvalue weighted by Crippen LogP contribution is -2.40. The van der Waals surface area contributed by atoms with Crippen molar-refractivity contribution in [1.29, 1.82) is 0 Å². The van der Waals surface area contributed by atoms with Gasteiger partial charge in [-0.3, -0.25) is 4.99 Å². The predicted octanol–water partition coefficient (Wildman–Crippen LogP) is 2.95. The van der Waals surface area contributed by atoms with Crippen molar-refractivity contribution >= 4 is 29.9 Å². The highest BCUT2D eigenvalue weighted by molar-refractivity contribution is 14.0. The fourth-order valence-electron chi connectivity index (χ4n) is 2.49. The molecule has 0 unspecified atom stereocenters. The second-order valence-electron chi connectivity index (χ2n) is 5.77. The Labute approximate surface area is 167 Å². The number of rotatable bonds is 8. The Bertz CT molecular complexity index is 626. The van der Waals surface area contributed by atoms with Gasteiger partial charge in [-0.25, -0.2) is 0 Å². The summed E-state index contributed by atoms with van der Waals surface area (Å²) in [5.41, 5.74) is 1.28. The number of aromatic nitrogens is 3. The van der Waals surface area contributed by atoms with Crippen LogP contribution in [-0.2, 0) is 19.5 Å². The molecule has 138 valence electrons. The molecule has 0 saturated carbocycles. The summed E-state index contributed by atoms with van der Waals surface area (Å²) in [5, 5.41) is 11.6. The Kier molecular flexibility index (Phi) is 10.1. The Morgan fingerprint density at radius 1 is 1.24 bits per heavy atom. The topological polar surface area (TPSA) is 58.3 Å². The number of hydrogen-bond donors (Lipinski definition) is 1. The molecule has 0 atom stereocenters. The van der Waals surface area contributed by atoms with Crippen molar-refractivity contribution in [2.75, 3.05) is 20.1 Å². The number of halogens is 1. The van der Waals surface area contributed by atoms with Crippen LogP contribution in [0, 0.1) is 0 Å². The third kappa shape index (κ3) is 7.01. The summed E-state index contributed by atoms with van der Waals surface area (Å²) in [7, 11) is 2.07. The van der Waals surface area contributed by atoms with Crippen LogP contribution in [0.2, 0.25) is 0 Å². The van der Waals surface area contributed by atoms with E-state index in [2.05, 4.69) is 70.1 Å². The maximum atomic E-state index is 4.69. The van der Waals surface area contributed by atoms with Gasteiger partial charge in [-0.05, 0) is 12.0 Å². The Balaban J connectivity index is 0.00000312. The molecule has 25 heavy (non-hydrogen) atoms. The van der Waals surface area contributed by atoms with E-state index in [1.54, 1.807) is 6.33 Å². The number of aliphatic imine (C=N–C) groups is 1. The lowest BCUT2D eigenvalue weighted by atomic mass is 10.2. The molecule has 0 saturated heterocycles. The number of nitrogens with zero attached hydrogens (tertiary/aromatic N) is 5. The van der Waals surface area contributed by atoms with Crippen LogP contribution in [0.4, 0.5) is 0 Å². The minimum atomic E-state index is 0. The van der Waals surface area contributed by atoms with E-state index >= 15 is 0 Å². The van der Waals surface area contributed by atoms with Gasteiger partial charge in [-0.2, -0.15) is 0 Å². The normalized spacial score (nSPS) is 11.1. The molecule has 2 rings (SSSR count). The molecule has 1 N–H and O–H groups in total. The van der Waals surface area contributed by atoms with Crippen LogP contribution in [0.3, 0.4) is 0 Å². The van der Waals surface area contributed by atoms with Gasteiger partial charge in [-0.15, -0.1) is 34.2 Å². The molecule has 7 heteroatoms. The Morgan fingerprint density at radius 2 is 2.00 bits per heavy atom. The SMILES string of the molecule is CCCN=C(NCCn1cnnc1CC)N(C)Cc1ccccc1.I. The Hall–Kier alpha value is -1.64. The second kappa shape index (κ2) is 11.8. The maximum Gasteiger partial charge on any atom is 0.194 e. The Morgan fingerprint density at radius 3 is 2.68 bits per heavy atom. The van der Waals surface area contributed by atoms with E-state index in [1.165, 1.54) is 5.56 Å². The molecule has 0 fully saturated rings. The summed E-state index contributed by atoms with van der Waals surface area (Å²) in [6.45, 7) is 7.53. The first-order chi connectivity index (χ1) is 11.7. The van der Waals surface area contributed by atoms with Crippen molar-refractivity contribution in [2.45, 2.75) is 39.8 Å². The van der Waals surface area contributed by atoms with Crippen LogP contribution in [0.1, 0.15) is 31.7 Å². The summed E-state index contributed by atoms with van der Waals surface area (Å²) in [4.78, 5) is 6.86. The quantitative estimate of drug-likeness (QED) is 0.377. The second-order valence-corrected chi connectivity index (χ2v) is 5.77. The van der Waals surface area contributed by atoms with Gasteiger partial charge in [0.15, 0.2) is 5.96 Å². The molecule has 0 radical (unpaired) electrons. The molecule has 0 aliphatic heterocycles. The number of benzene rings is 1.